The highest BCUT2D eigenvalue weighted by molar-refractivity contribution is 6.60. The van der Waals surface area contributed by atoms with E-state index in [0.29, 0.717) is 5.46 Å². The van der Waals surface area contributed by atoms with Gasteiger partial charge in [0.25, 0.3) is 0 Å². The number of nitrogens with zero attached hydrogens (tertiary/aromatic N) is 2. The lowest BCUT2D eigenvalue weighted by molar-refractivity contribution is 0.0422. The number of hydrogen-bond donors (Lipinski definition) is 2. The van der Waals surface area contributed by atoms with Crippen molar-refractivity contribution in [3.8, 4) is 0 Å². The summed E-state index contributed by atoms with van der Waals surface area (Å²) < 4.78 is 11.2. The molecule has 0 radical (unpaired) electrons. The van der Waals surface area contributed by atoms with Crippen LogP contribution in [0.5, 0.6) is 0 Å². The monoisotopic (exact) mass is 405 g/mol. The second-order valence-corrected chi connectivity index (χ2v) is 9.61. The number of alkyl carbamates (subject to hydrolysis) is 1. The molecule has 2 rings (SSSR count). The van der Waals surface area contributed by atoms with Crippen LogP contribution in [0.25, 0.3) is 0 Å². The molecule has 1 aromatic rings. The van der Waals surface area contributed by atoms with E-state index in [1.807, 2.05) is 40.7 Å². The van der Waals surface area contributed by atoms with Gasteiger partial charge in [-0.2, -0.15) is 0 Å². The van der Waals surface area contributed by atoms with E-state index < -0.39 is 18.3 Å². The molecule has 2 heterocycles. The van der Waals surface area contributed by atoms with Crippen molar-refractivity contribution < 1.29 is 19.2 Å². The molecule has 1 aliphatic heterocycles. The van der Waals surface area contributed by atoms with Crippen LogP contribution in [0.15, 0.2) is 18.5 Å². The van der Waals surface area contributed by atoms with Crippen molar-refractivity contribution in [1.29, 1.82) is 0 Å². The molecular formula is C21H36BN3O4. The zero-order valence-corrected chi connectivity index (χ0v) is 18.9. The summed E-state index contributed by atoms with van der Waals surface area (Å²) in [5, 5.41) is 13.5. The van der Waals surface area contributed by atoms with Crippen molar-refractivity contribution in [3.63, 3.8) is 0 Å². The average molecular weight is 405 g/mol. The summed E-state index contributed by atoms with van der Waals surface area (Å²) in [5.74, 6) is 0.268. The highest BCUT2D eigenvalue weighted by atomic mass is 16.6. The van der Waals surface area contributed by atoms with Gasteiger partial charge in [0.2, 0.25) is 0 Å². The summed E-state index contributed by atoms with van der Waals surface area (Å²) in [6, 6.07) is 2.02. The molecule has 0 unspecified atom stereocenters. The minimum absolute atomic E-state index is 0.0954. The van der Waals surface area contributed by atoms with Crippen LogP contribution in [0.3, 0.4) is 0 Å². The molecule has 2 N–H and O–H groups in total. The van der Waals surface area contributed by atoms with Gasteiger partial charge in [0, 0.05) is 30.8 Å². The van der Waals surface area contributed by atoms with Crippen LogP contribution in [0.1, 0.15) is 61.3 Å². The number of nitrogens with one attached hydrogen (secondary N) is 1. The smallest absolute Gasteiger partial charge is 0.444 e. The molecular weight excluding hydrogens is 369 g/mol. The molecule has 1 fully saturated rings. The van der Waals surface area contributed by atoms with Crippen molar-refractivity contribution >= 4 is 24.4 Å². The molecule has 0 saturated carbocycles. The van der Waals surface area contributed by atoms with Gasteiger partial charge < -0.3 is 24.6 Å². The largest absolute Gasteiger partial charge is 0.493 e. The quantitative estimate of drug-likeness (QED) is 0.709. The fourth-order valence-electron chi connectivity index (χ4n) is 3.00. The third kappa shape index (κ3) is 7.19. The highest BCUT2D eigenvalue weighted by Gasteiger charge is 2.31. The standard InChI is InChI=1S/C21H36BN3O4/c1-15(2)21(6,7)29-22(27)16-12-18(14-23-13-16)25-10-8-17(9-11-25)24-19(26)28-20(3,4)5/h12-15,17,27H,8-11H2,1-7H3,(H,24,26). The van der Waals surface area contributed by atoms with Gasteiger partial charge in [0.1, 0.15) is 5.60 Å². The van der Waals surface area contributed by atoms with E-state index >= 15 is 0 Å². The number of piperidine rings is 1. The van der Waals surface area contributed by atoms with Crippen LogP contribution in [-0.4, -0.2) is 53.6 Å². The highest BCUT2D eigenvalue weighted by Crippen LogP contribution is 2.22. The number of pyridine rings is 1. The van der Waals surface area contributed by atoms with Gasteiger partial charge in [0.15, 0.2) is 0 Å². The van der Waals surface area contributed by atoms with Crippen LogP contribution in [0, 0.1) is 5.92 Å². The van der Waals surface area contributed by atoms with Crippen LogP contribution < -0.4 is 15.7 Å². The Hall–Kier alpha value is -1.80. The molecule has 162 valence electrons. The average Bonchev–Trinajstić information content (AvgIpc) is 2.60. The predicted molar refractivity (Wildman–Crippen MR) is 116 cm³/mol. The fraction of sp³-hybridized carbons (Fsp3) is 0.714. The topological polar surface area (TPSA) is 83.9 Å². The summed E-state index contributed by atoms with van der Waals surface area (Å²) in [6.07, 6.45) is 4.71. The minimum Gasteiger partial charge on any atom is -0.444 e. The Kier molecular flexibility index (Phi) is 7.57. The lowest BCUT2D eigenvalue weighted by atomic mass is 9.78. The van der Waals surface area contributed by atoms with E-state index in [1.165, 1.54) is 0 Å². The first-order valence-corrected chi connectivity index (χ1v) is 10.4. The van der Waals surface area contributed by atoms with Gasteiger partial charge in [0.05, 0.1) is 17.5 Å². The number of ether oxygens (including phenoxy) is 1. The Morgan fingerprint density at radius 1 is 1.24 bits per heavy atom. The number of hydrogen-bond acceptors (Lipinski definition) is 6. The number of amides is 1. The minimum atomic E-state index is -1.02. The van der Waals surface area contributed by atoms with E-state index in [2.05, 4.69) is 29.0 Å². The van der Waals surface area contributed by atoms with Crippen LogP contribution in [0.2, 0.25) is 0 Å². The number of anilines is 1. The van der Waals surface area contributed by atoms with Gasteiger partial charge >= 0.3 is 13.2 Å². The van der Waals surface area contributed by atoms with Crippen molar-refractivity contribution in [3.05, 3.63) is 18.5 Å². The summed E-state index contributed by atoms with van der Waals surface area (Å²) in [7, 11) is -1.02. The van der Waals surface area contributed by atoms with E-state index in [4.69, 9.17) is 9.39 Å². The molecule has 29 heavy (non-hydrogen) atoms. The van der Waals surface area contributed by atoms with Crippen LogP contribution in [0.4, 0.5) is 10.5 Å². The third-order valence-corrected chi connectivity index (χ3v) is 5.42. The second-order valence-electron chi connectivity index (χ2n) is 9.61. The Morgan fingerprint density at radius 3 is 2.41 bits per heavy atom. The molecule has 0 atom stereocenters. The van der Waals surface area contributed by atoms with Gasteiger partial charge in [-0.1, -0.05) is 13.8 Å². The molecule has 1 aromatic heterocycles. The predicted octanol–water partition coefficient (Wildman–Crippen LogP) is 2.71. The first-order valence-electron chi connectivity index (χ1n) is 10.4. The Morgan fingerprint density at radius 2 is 1.86 bits per heavy atom. The molecule has 0 aromatic carbocycles. The number of rotatable bonds is 6. The van der Waals surface area contributed by atoms with Crippen molar-refractivity contribution in [2.24, 2.45) is 5.92 Å². The van der Waals surface area contributed by atoms with E-state index in [0.717, 1.165) is 31.6 Å². The fourth-order valence-corrected chi connectivity index (χ4v) is 3.00. The van der Waals surface area contributed by atoms with Gasteiger partial charge in [-0.05, 0) is 59.4 Å². The normalized spacial score (nSPS) is 16.1. The second kappa shape index (κ2) is 9.35. The van der Waals surface area contributed by atoms with Crippen LogP contribution in [-0.2, 0) is 9.39 Å². The lowest BCUT2D eigenvalue weighted by Gasteiger charge is -2.34. The van der Waals surface area contributed by atoms with E-state index in [9.17, 15) is 9.82 Å². The Balaban J connectivity index is 1.93. The maximum atomic E-state index is 12.0. The SMILES string of the molecule is CC(C)C(C)(C)OB(O)c1cncc(N2CCC(NC(=O)OC(C)(C)C)CC2)c1. The van der Waals surface area contributed by atoms with Crippen molar-refractivity contribution in [2.45, 2.75) is 78.6 Å². The molecule has 1 saturated heterocycles. The molecule has 0 spiro atoms. The van der Waals surface area contributed by atoms with E-state index in [-0.39, 0.29) is 18.1 Å². The first kappa shape index (κ1) is 23.5. The summed E-state index contributed by atoms with van der Waals surface area (Å²) in [4.78, 5) is 18.5. The van der Waals surface area contributed by atoms with Gasteiger partial charge in [-0.3, -0.25) is 4.98 Å². The van der Waals surface area contributed by atoms with Crippen molar-refractivity contribution in [2.75, 3.05) is 18.0 Å². The Labute approximate surface area is 175 Å². The number of aromatic nitrogens is 1. The summed E-state index contributed by atoms with van der Waals surface area (Å²) in [5.41, 5.74) is 0.652. The molecule has 0 aliphatic carbocycles. The number of carbonyl (C=O) groups is 1. The zero-order valence-electron chi connectivity index (χ0n) is 18.9. The zero-order chi connectivity index (χ0) is 21.8. The number of carbonyl (C=O) groups excluding carboxylic acids is 1. The molecule has 8 heteroatoms. The lowest BCUT2D eigenvalue weighted by Crippen LogP contribution is -2.47. The summed E-state index contributed by atoms with van der Waals surface area (Å²) in [6.45, 7) is 15.2. The van der Waals surface area contributed by atoms with E-state index in [1.54, 1.807) is 12.4 Å². The van der Waals surface area contributed by atoms with Crippen LogP contribution >= 0.6 is 0 Å². The van der Waals surface area contributed by atoms with Gasteiger partial charge in [-0.15, -0.1) is 0 Å². The van der Waals surface area contributed by atoms with Crippen molar-refractivity contribution in [1.82, 2.24) is 10.3 Å². The van der Waals surface area contributed by atoms with Gasteiger partial charge in [-0.25, -0.2) is 4.79 Å². The Bertz CT molecular complexity index is 683. The summed E-state index contributed by atoms with van der Waals surface area (Å²) >= 11 is 0. The molecule has 0 bridgehead atoms. The maximum absolute atomic E-state index is 12.0. The third-order valence-electron chi connectivity index (χ3n) is 5.42. The first-order chi connectivity index (χ1) is 13.4. The molecule has 1 aliphatic rings. The molecule has 1 amide bonds. The molecule has 7 nitrogen and oxygen atoms in total. The maximum Gasteiger partial charge on any atom is 0.493 e.